The van der Waals surface area contributed by atoms with Crippen LogP contribution in [0.4, 0.5) is 10.5 Å². The van der Waals surface area contributed by atoms with Crippen LogP contribution in [0.25, 0.3) is 10.8 Å². The zero-order valence-corrected chi connectivity index (χ0v) is 10.9. The Balaban J connectivity index is 2.04. The Hall–Kier alpha value is -2.89. The summed E-state index contributed by atoms with van der Waals surface area (Å²) in [4.78, 5) is 36.0. The maximum Gasteiger partial charge on any atom is 0.329 e. The van der Waals surface area contributed by atoms with E-state index in [0.29, 0.717) is 5.69 Å². The predicted octanol–water partition coefficient (Wildman–Crippen LogP) is 1.74. The number of benzene rings is 2. The number of carbonyl (C=O) groups is 3. The minimum absolute atomic E-state index is 0.425. The van der Waals surface area contributed by atoms with Crippen LogP contribution in [0.1, 0.15) is 6.42 Å². The number of carboxylic acids is 1. The third-order valence-electron chi connectivity index (χ3n) is 3.41. The Kier molecular flexibility index (Phi) is 3.06. The Morgan fingerprint density at radius 3 is 2.62 bits per heavy atom. The van der Waals surface area contributed by atoms with Crippen LogP contribution in [0.3, 0.4) is 0 Å². The first-order chi connectivity index (χ1) is 10.1. The van der Waals surface area contributed by atoms with Gasteiger partial charge in [-0.3, -0.25) is 9.59 Å². The number of fused-ring (bicyclic) bond motifs is 1. The quantitative estimate of drug-likeness (QED) is 0.840. The topological polar surface area (TPSA) is 86.7 Å². The number of aliphatic carboxylic acids is 1. The molecular formula is C15H12N2O4. The molecule has 0 saturated carbocycles. The summed E-state index contributed by atoms with van der Waals surface area (Å²) in [7, 11) is 0. The van der Waals surface area contributed by atoms with Crippen LogP contribution >= 0.6 is 0 Å². The van der Waals surface area contributed by atoms with Crippen LogP contribution < -0.4 is 10.2 Å². The van der Waals surface area contributed by atoms with Crippen molar-refractivity contribution in [1.29, 1.82) is 0 Å². The highest BCUT2D eigenvalue weighted by Crippen LogP contribution is 2.29. The molecule has 0 bridgehead atoms. The minimum atomic E-state index is -1.13. The summed E-state index contributed by atoms with van der Waals surface area (Å²) < 4.78 is 0. The largest absolute Gasteiger partial charge is 0.481 e. The zero-order chi connectivity index (χ0) is 15.0. The van der Waals surface area contributed by atoms with Crippen molar-refractivity contribution in [2.45, 2.75) is 12.5 Å². The molecule has 21 heavy (non-hydrogen) atoms. The van der Waals surface area contributed by atoms with Crippen LogP contribution in [0.2, 0.25) is 0 Å². The highest BCUT2D eigenvalue weighted by molar-refractivity contribution is 6.24. The molecule has 0 radical (unpaired) electrons. The molecule has 1 fully saturated rings. The van der Waals surface area contributed by atoms with E-state index < -0.39 is 30.4 Å². The molecule has 1 atom stereocenters. The number of rotatable bonds is 3. The number of hydrogen-bond donors (Lipinski definition) is 2. The Morgan fingerprint density at radius 1 is 1.14 bits per heavy atom. The molecule has 3 rings (SSSR count). The van der Waals surface area contributed by atoms with Gasteiger partial charge in [0, 0.05) is 5.39 Å². The predicted molar refractivity (Wildman–Crippen MR) is 76.0 cm³/mol. The lowest BCUT2D eigenvalue weighted by Gasteiger charge is -2.15. The summed E-state index contributed by atoms with van der Waals surface area (Å²) >= 11 is 0. The summed E-state index contributed by atoms with van der Waals surface area (Å²) in [5, 5.41) is 12.9. The van der Waals surface area contributed by atoms with Crippen molar-refractivity contribution < 1.29 is 19.5 Å². The van der Waals surface area contributed by atoms with Crippen molar-refractivity contribution >= 4 is 34.4 Å². The SMILES string of the molecule is O=C(O)C[C@@H]1NC(=O)N(c2cccc3ccccc23)C1=O. The highest BCUT2D eigenvalue weighted by Gasteiger charge is 2.40. The third kappa shape index (κ3) is 2.20. The minimum Gasteiger partial charge on any atom is -0.481 e. The molecule has 0 unspecified atom stereocenters. The summed E-state index contributed by atoms with van der Waals surface area (Å²) in [5.74, 6) is -1.67. The molecule has 0 aliphatic carbocycles. The van der Waals surface area contributed by atoms with Crippen molar-refractivity contribution in [1.82, 2.24) is 5.32 Å². The van der Waals surface area contributed by atoms with Crippen LogP contribution in [-0.4, -0.2) is 29.1 Å². The van der Waals surface area contributed by atoms with Crippen LogP contribution in [0, 0.1) is 0 Å². The summed E-state index contributed by atoms with van der Waals surface area (Å²) in [6, 6.07) is 11.1. The van der Waals surface area contributed by atoms with Crippen molar-refractivity contribution in [3.63, 3.8) is 0 Å². The smallest absolute Gasteiger partial charge is 0.329 e. The molecule has 106 valence electrons. The molecule has 1 aliphatic heterocycles. The monoisotopic (exact) mass is 284 g/mol. The van der Waals surface area contributed by atoms with E-state index in [-0.39, 0.29) is 0 Å². The van der Waals surface area contributed by atoms with Gasteiger partial charge in [-0.1, -0.05) is 36.4 Å². The van der Waals surface area contributed by atoms with Crippen molar-refractivity contribution in [2.24, 2.45) is 0 Å². The van der Waals surface area contributed by atoms with E-state index in [2.05, 4.69) is 5.32 Å². The van der Waals surface area contributed by atoms with Gasteiger partial charge in [0.15, 0.2) is 0 Å². The molecule has 2 N–H and O–H groups in total. The van der Waals surface area contributed by atoms with Crippen molar-refractivity contribution in [3.05, 3.63) is 42.5 Å². The third-order valence-corrected chi connectivity index (χ3v) is 3.41. The van der Waals surface area contributed by atoms with Crippen LogP contribution in [0.15, 0.2) is 42.5 Å². The molecule has 2 aromatic carbocycles. The van der Waals surface area contributed by atoms with Gasteiger partial charge in [-0.15, -0.1) is 0 Å². The van der Waals surface area contributed by atoms with Crippen molar-refractivity contribution in [3.8, 4) is 0 Å². The van der Waals surface area contributed by atoms with E-state index in [1.54, 1.807) is 12.1 Å². The average molecular weight is 284 g/mol. The Labute approximate surface area is 120 Å². The fourth-order valence-electron chi connectivity index (χ4n) is 2.48. The second-order valence-corrected chi connectivity index (χ2v) is 4.77. The van der Waals surface area contributed by atoms with E-state index in [4.69, 9.17) is 5.11 Å². The maximum atomic E-state index is 12.3. The number of anilines is 1. The first kappa shape index (κ1) is 13.1. The maximum absolute atomic E-state index is 12.3. The average Bonchev–Trinajstić information content (AvgIpc) is 2.72. The lowest BCUT2D eigenvalue weighted by molar-refractivity contribution is -0.139. The second kappa shape index (κ2) is 4.90. The standard InChI is InChI=1S/C15H12N2O4/c18-13(19)8-11-14(20)17(15(21)16-11)12-7-3-5-9-4-1-2-6-10(9)12/h1-7,11H,8H2,(H,16,21)(H,18,19)/t11-/m0/s1. The van der Waals surface area contributed by atoms with Gasteiger partial charge in [0.1, 0.15) is 6.04 Å². The molecular weight excluding hydrogens is 272 g/mol. The second-order valence-electron chi connectivity index (χ2n) is 4.77. The lowest BCUT2D eigenvalue weighted by atomic mass is 10.1. The number of nitrogens with zero attached hydrogens (tertiary/aromatic N) is 1. The highest BCUT2D eigenvalue weighted by atomic mass is 16.4. The van der Waals surface area contributed by atoms with Gasteiger partial charge >= 0.3 is 12.0 Å². The van der Waals surface area contributed by atoms with Gasteiger partial charge < -0.3 is 10.4 Å². The summed E-state index contributed by atoms with van der Waals surface area (Å²) in [6.45, 7) is 0. The van der Waals surface area contributed by atoms with E-state index in [1.165, 1.54) is 0 Å². The van der Waals surface area contributed by atoms with E-state index in [9.17, 15) is 14.4 Å². The number of nitrogens with one attached hydrogen (secondary N) is 1. The fourth-order valence-corrected chi connectivity index (χ4v) is 2.48. The molecule has 6 heteroatoms. The van der Waals surface area contributed by atoms with Gasteiger partial charge in [-0.25, -0.2) is 9.69 Å². The summed E-state index contributed by atoms with van der Waals surface area (Å²) in [5.41, 5.74) is 0.462. The molecule has 6 nitrogen and oxygen atoms in total. The fraction of sp³-hybridized carbons (Fsp3) is 0.133. The van der Waals surface area contributed by atoms with Gasteiger partial charge in [-0.2, -0.15) is 0 Å². The first-order valence-corrected chi connectivity index (χ1v) is 6.42. The van der Waals surface area contributed by atoms with Gasteiger partial charge in [0.05, 0.1) is 12.1 Å². The first-order valence-electron chi connectivity index (χ1n) is 6.42. The number of urea groups is 1. The molecule has 3 amide bonds. The number of imide groups is 1. The van der Waals surface area contributed by atoms with Crippen LogP contribution in [0.5, 0.6) is 0 Å². The van der Waals surface area contributed by atoms with Crippen LogP contribution in [-0.2, 0) is 9.59 Å². The normalized spacial score (nSPS) is 18.1. The molecule has 1 aliphatic rings. The summed E-state index contributed by atoms with van der Waals surface area (Å²) in [6.07, 6.45) is -0.425. The number of carboxylic acid groups (broad SMARTS) is 1. The zero-order valence-electron chi connectivity index (χ0n) is 10.9. The van der Waals surface area contributed by atoms with E-state index >= 15 is 0 Å². The molecule has 1 heterocycles. The van der Waals surface area contributed by atoms with E-state index in [0.717, 1.165) is 15.7 Å². The number of hydrogen-bond acceptors (Lipinski definition) is 3. The molecule has 2 aromatic rings. The van der Waals surface area contributed by atoms with Gasteiger partial charge in [0.2, 0.25) is 0 Å². The Morgan fingerprint density at radius 2 is 1.86 bits per heavy atom. The van der Waals surface area contributed by atoms with Gasteiger partial charge in [-0.05, 0) is 11.5 Å². The molecule has 0 spiro atoms. The van der Waals surface area contributed by atoms with Gasteiger partial charge in [0.25, 0.3) is 5.91 Å². The van der Waals surface area contributed by atoms with E-state index in [1.807, 2.05) is 30.3 Å². The molecule has 1 saturated heterocycles. The lowest BCUT2D eigenvalue weighted by Crippen LogP contribution is -2.32. The molecule has 0 aromatic heterocycles. The number of carbonyl (C=O) groups excluding carboxylic acids is 2. The number of amides is 3. The Bertz CT molecular complexity index is 751. The van der Waals surface area contributed by atoms with Crippen molar-refractivity contribution in [2.75, 3.05) is 4.90 Å².